The molecule has 1 N–H and O–H groups in total. The minimum absolute atomic E-state index is 0.141. The van der Waals surface area contributed by atoms with Crippen molar-refractivity contribution in [2.24, 2.45) is 0 Å². The van der Waals surface area contributed by atoms with Crippen LogP contribution in [0.25, 0.3) is 0 Å². The maximum Gasteiger partial charge on any atom is 0.326 e. The third-order valence-corrected chi connectivity index (χ3v) is 5.73. The van der Waals surface area contributed by atoms with Gasteiger partial charge in [-0.2, -0.15) is 0 Å². The highest BCUT2D eigenvalue weighted by Gasteiger charge is 2.35. The standard InChI is InChI=1S/C11H12INO3S/c1-6-5-17-9(8(6)12)10(14)13-4-2-3-7(13)11(15)16/h5,7H,2-4H2,1H3,(H,15,16)/t7-/m1/s1. The Kier molecular flexibility index (Phi) is 3.72. The van der Waals surface area contributed by atoms with Gasteiger partial charge in [0, 0.05) is 10.1 Å². The monoisotopic (exact) mass is 365 g/mol. The van der Waals surface area contributed by atoms with Crippen molar-refractivity contribution in [1.82, 2.24) is 4.90 Å². The number of amides is 1. The molecule has 1 aromatic heterocycles. The molecule has 92 valence electrons. The number of nitrogens with zero attached hydrogens (tertiary/aromatic N) is 1. The summed E-state index contributed by atoms with van der Waals surface area (Å²) in [6.07, 6.45) is 1.33. The number of hydrogen-bond acceptors (Lipinski definition) is 3. The summed E-state index contributed by atoms with van der Waals surface area (Å²) in [5.74, 6) is -1.04. The number of carboxylic acids is 1. The Hall–Kier alpha value is -0.630. The lowest BCUT2D eigenvalue weighted by Gasteiger charge is -2.20. The Bertz CT molecular complexity index is 471. The highest BCUT2D eigenvalue weighted by Crippen LogP contribution is 2.28. The SMILES string of the molecule is Cc1csc(C(=O)N2CCC[C@@H]2C(=O)O)c1I. The summed E-state index contributed by atoms with van der Waals surface area (Å²) in [6, 6.07) is -0.652. The lowest BCUT2D eigenvalue weighted by Crippen LogP contribution is -2.40. The van der Waals surface area contributed by atoms with Gasteiger partial charge in [0.2, 0.25) is 0 Å². The van der Waals surface area contributed by atoms with Gasteiger partial charge in [0.15, 0.2) is 0 Å². The number of aliphatic carboxylic acids is 1. The van der Waals surface area contributed by atoms with Gasteiger partial charge in [0.25, 0.3) is 5.91 Å². The summed E-state index contributed by atoms with van der Waals surface area (Å²) in [6.45, 7) is 2.50. The summed E-state index contributed by atoms with van der Waals surface area (Å²) in [5, 5.41) is 11.0. The number of halogens is 1. The van der Waals surface area contributed by atoms with Crippen LogP contribution in [0.15, 0.2) is 5.38 Å². The molecular formula is C11H12INO3S. The maximum absolute atomic E-state index is 12.3. The number of likely N-dealkylation sites (tertiary alicyclic amines) is 1. The molecule has 17 heavy (non-hydrogen) atoms. The first-order valence-electron chi connectivity index (χ1n) is 5.29. The van der Waals surface area contributed by atoms with Crippen molar-refractivity contribution < 1.29 is 14.7 Å². The first-order valence-corrected chi connectivity index (χ1v) is 7.25. The third-order valence-electron chi connectivity index (χ3n) is 2.89. The van der Waals surface area contributed by atoms with Crippen LogP contribution in [0.2, 0.25) is 0 Å². The van der Waals surface area contributed by atoms with E-state index in [2.05, 4.69) is 22.6 Å². The van der Waals surface area contributed by atoms with Crippen molar-refractivity contribution in [2.45, 2.75) is 25.8 Å². The van der Waals surface area contributed by atoms with E-state index < -0.39 is 12.0 Å². The molecular weight excluding hydrogens is 353 g/mol. The van der Waals surface area contributed by atoms with Crippen LogP contribution in [0.5, 0.6) is 0 Å². The molecule has 6 heteroatoms. The Morgan fingerprint density at radius 3 is 2.82 bits per heavy atom. The van der Waals surface area contributed by atoms with Crippen LogP contribution >= 0.6 is 33.9 Å². The number of hydrogen-bond donors (Lipinski definition) is 1. The summed E-state index contributed by atoms with van der Waals surface area (Å²) < 4.78 is 0.939. The van der Waals surface area contributed by atoms with Crippen LogP contribution in [-0.2, 0) is 4.79 Å². The van der Waals surface area contributed by atoms with E-state index in [1.807, 2.05) is 12.3 Å². The first-order chi connectivity index (χ1) is 8.02. The van der Waals surface area contributed by atoms with E-state index in [0.717, 1.165) is 15.6 Å². The maximum atomic E-state index is 12.3. The van der Waals surface area contributed by atoms with Gasteiger partial charge in [0.1, 0.15) is 10.9 Å². The summed E-state index contributed by atoms with van der Waals surface area (Å²) in [7, 11) is 0. The van der Waals surface area contributed by atoms with Crippen LogP contribution in [0.4, 0.5) is 0 Å². The number of carbonyl (C=O) groups is 2. The van der Waals surface area contributed by atoms with Crippen LogP contribution in [-0.4, -0.2) is 34.5 Å². The zero-order valence-corrected chi connectivity index (χ0v) is 12.2. The van der Waals surface area contributed by atoms with Crippen molar-refractivity contribution in [2.75, 3.05) is 6.54 Å². The van der Waals surface area contributed by atoms with E-state index in [1.165, 1.54) is 16.2 Å². The normalized spacial score (nSPS) is 19.6. The van der Waals surface area contributed by atoms with Gasteiger partial charge < -0.3 is 10.0 Å². The predicted molar refractivity (Wildman–Crippen MR) is 73.5 cm³/mol. The van der Waals surface area contributed by atoms with Crippen LogP contribution in [0.3, 0.4) is 0 Å². The topological polar surface area (TPSA) is 57.6 Å². The lowest BCUT2D eigenvalue weighted by atomic mass is 10.2. The molecule has 1 aromatic rings. The van der Waals surface area contributed by atoms with Crippen molar-refractivity contribution in [3.05, 3.63) is 19.4 Å². The highest BCUT2D eigenvalue weighted by molar-refractivity contribution is 14.1. The molecule has 1 fully saturated rings. The van der Waals surface area contributed by atoms with E-state index in [-0.39, 0.29) is 5.91 Å². The van der Waals surface area contributed by atoms with Crippen LogP contribution < -0.4 is 0 Å². The fraction of sp³-hybridized carbons (Fsp3) is 0.455. The number of rotatable bonds is 2. The number of carboxylic acid groups (broad SMARTS) is 1. The molecule has 0 spiro atoms. The summed E-state index contributed by atoms with van der Waals surface area (Å²) in [4.78, 5) is 25.5. The smallest absolute Gasteiger partial charge is 0.326 e. The van der Waals surface area contributed by atoms with Gasteiger partial charge in [-0.15, -0.1) is 11.3 Å². The minimum atomic E-state index is -0.904. The predicted octanol–water partition coefficient (Wildman–Crippen LogP) is 2.35. The molecule has 1 atom stereocenters. The largest absolute Gasteiger partial charge is 0.480 e. The molecule has 1 aliphatic rings. The Labute approximate surface area is 117 Å². The zero-order chi connectivity index (χ0) is 12.6. The number of carbonyl (C=O) groups excluding carboxylic acids is 1. The van der Waals surface area contributed by atoms with Gasteiger partial charge in [-0.05, 0) is 53.3 Å². The van der Waals surface area contributed by atoms with Crippen molar-refractivity contribution in [3.63, 3.8) is 0 Å². The molecule has 0 aliphatic carbocycles. The van der Waals surface area contributed by atoms with Crippen molar-refractivity contribution >= 4 is 45.8 Å². The second-order valence-corrected chi connectivity index (χ2v) is 6.02. The van der Waals surface area contributed by atoms with Crippen LogP contribution in [0, 0.1) is 10.5 Å². The molecule has 0 bridgehead atoms. The first kappa shape index (κ1) is 12.8. The molecule has 1 amide bonds. The molecule has 0 radical (unpaired) electrons. The number of thiophene rings is 1. The van der Waals surface area contributed by atoms with E-state index >= 15 is 0 Å². The van der Waals surface area contributed by atoms with E-state index in [4.69, 9.17) is 5.11 Å². The van der Waals surface area contributed by atoms with Gasteiger partial charge in [-0.3, -0.25) is 4.79 Å². The number of aryl methyl sites for hydroxylation is 1. The highest BCUT2D eigenvalue weighted by atomic mass is 127. The zero-order valence-electron chi connectivity index (χ0n) is 9.27. The second kappa shape index (κ2) is 4.93. The Balaban J connectivity index is 2.26. The average Bonchev–Trinajstić information content (AvgIpc) is 2.87. The average molecular weight is 365 g/mol. The summed E-state index contributed by atoms with van der Waals surface area (Å²) >= 11 is 3.53. The van der Waals surface area contributed by atoms with Crippen molar-refractivity contribution in [3.8, 4) is 0 Å². The molecule has 2 heterocycles. The Morgan fingerprint density at radius 2 is 2.29 bits per heavy atom. The van der Waals surface area contributed by atoms with E-state index in [1.54, 1.807) is 0 Å². The van der Waals surface area contributed by atoms with E-state index in [9.17, 15) is 9.59 Å². The van der Waals surface area contributed by atoms with Gasteiger partial charge in [-0.25, -0.2) is 4.79 Å². The summed E-state index contributed by atoms with van der Waals surface area (Å²) in [5.41, 5.74) is 1.07. The van der Waals surface area contributed by atoms with Gasteiger partial charge in [0.05, 0.1) is 0 Å². The molecule has 4 nitrogen and oxygen atoms in total. The molecule has 0 unspecified atom stereocenters. The molecule has 1 aliphatic heterocycles. The Morgan fingerprint density at radius 1 is 1.59 bits per heavy atom. The molecule has 0 saturated carbocycles. The van der Waals surface area contributed by atoms with E-state index in [0.29, 0.717) is 17.8 Å². The molecule has 1 saturated heterocycles. The van der Waals surface area contributed by atoms with Gasteiger partial charge >= 0.3 is 5.97 Å². The second-order valence-electron chi connectivity index (χ2n) is 4.06. The quantitative estimate of drug-likeness (QED) is 0.819. The minimum Gasteiger partial charge on any atom is -0.480 e. The lowest BCUT2D eigenvalue weighted by molar-refractivity contribution is -0.141. The fourth-order valence-electron chi connectivity index (χ4n) is 1.97. The molecule has 2 rings (SSSR count). The molecule has 0 aromatic carbocycles. The third kappa shape index (κ3) is 2.33. The van der Waals surface area contributed by atoms with Gasteiger partial charge in [-0.1, -0.05) is 0 Å². The fourth-order valence-corrected chi connectivity index (χ4v) is 3.85. The van der Waals surface area contributed by atoms with Crippen molar-refractivity contribution in [1.29, 1.82) is 0 Å². The van der Waals surface area contributed by atoms with Crippen LogP contribution in [0.1, 0.15) is 28.1 Å².